The molecule has 7 nitrogen and oxygen atoms in total. The number of hydrogen-bond acceptors (Lipinski definition) is 5. The number of carbonyl (C=O) groups excluding carboxylic acids is 1. The number of nitrogen functional groups attached to an aromatic ring is 1. The summed E-state index contributed by atoms with van der Waals surface area (Å²) >= 11 is 0. The van der Waals surface area contributed by atoms with Crippen LogP contribution in [0.15, 0.2) is 18.2 Å². The lowest BCUT2D eigenvalue weighted by Crippen LogP contribution is -2.38. The zero-order valence-electron chi connectivity index (χ0n) is 12.4. The fourth-order valence-electron chi connectivity index (χ4n) is 2.59. The first kappa shape index (κ1) is 18.2. The van der Waals surface area contributed by atoms with E-state index in [4.69, 9.17) is 5.73 Å². The quantitative estimate of drug-likeness (QED) is 0.500. The Morgan fingerprint density at radius 2 is 2.14 bits per heavy atom. The summed E-state index contributed by atoms with van der Waals surface area (Å²) in [7, 11) is 1.73. The van der Waals surface area contributed by atoms with Crippen LogP contribution in [-0.4, -0.2) is 41.9 Å². The lowest BCUT2D eigenvalue weighted by atomic mass is 10.1. The predicted octanol–water partition coefficient (Wildman–Crippen LogP) is 1.81. The van der Waals surface area contributed by atoms with Gasteiger partial charge in [-0.15, -0.1) is 12.4 Å². The molecule has 122 valence electrons. The molecule has 1 aromatic rings. The van der Waals surface area contributed by atoms with E-state index in [9.17, 15) is 14.9 Å². The van der Waals surface area contributed by atoms with Crippen molar-refractivity contribution in [1.82, 2.24) is 10.2 Å². The van der Waals surface area contributed by atoms with E-state index >= 15 is 0 Å². The van der Waals surface area contributed by atoms with Gasteiger partial charge in [0.15, 0.2) is 0 Å². The van der Waals surface area contributed by atoms with Crippen LogP contribution in [0.4, 0.5) is 11.4 Å². The summed E-state index contributed by atoms with van der Waals surface area (Å²) in [6, 6.07) is 4.10. The molecule has 1 atom stereocenters. The van der Waals surface area contributed by atoms with Crippen molar-refractivity contribution < 1.29 is 9.72 Å². The first-order chi connectivity index (χ1) is 10.0. The zero-order chi connectivity index (χ0) is 15.4. The Morgan fingerprint density at radius 1 is 1.41 bits per heavy atom. The van der Waals surface area contributed by atoms with E-state index in [0.717, 1.165) is 32.4 Å². The SMILES string of the molecule is CN(C(=O)c1cc([N+](=O)[O-])ccc1N)C1CCCNCC1.Cl. The number of rotatable bonds is 3. The van der Waals surface area contributed by atoms with Gasteiger partial charge in [0.2, 0.25) is 0 Å². The van der Waals surface area contributed by atoms with Gasteiger partial charge in [-0.2, -0.15) is 0 Å². The van der Waals surface area contributed by atoms with Crippen LogP contribution in [0.5, 0.6) is 0 Å². The van der Waals surface area contributed by atoms with Crippen molar-refractivity contribution in [3.05, 3.63) is 33.9 Å². The van der Waals surface area contributed by atoms with Gasteiger partial charge in [0.1, 0.15) is 0 Å². The Bertz CT molecular complexity index is 545. The number of nitro benzene ring substituents is 1. The minimum absolute atomic E-state index is 0. The molecule has 0 bridgehead atoms. The van der Waals surface area contributed by atoms with Crippen LogP contribution in [0.1, 0.15) is 29.6 Å². The van der Waals surface area contributed by atoms with Crippen LogP contribution < -0.4 is 11.1 Å². The van der Waals surface area contributed by atoms with Crippen LogP contribution in [0.2, 0.25) is 0 Å². The van der Waals surface area contributed by atoms with Gasteiger partial charge in [-0.3, -0.25) is 14.9 Å². The van der Waals surface area contributed by atoms with Crippen LogP contribution in [0, 0.1) is 10.1 Å². The first-order valence-corrected chi connectivity index (χ1v) is 7.02. The van der Waals surface area contributed by atoms with Crippen molar-refractivity contribution in [3.63, 3.8) is 0 Å². The molecule has 1 saturated heterocycles. The highest BCUT2D eigenvalue weighted by Crippen LogP contribution is 2.23. The fourth-order valence-corrected chi connectivity index (χ4v) is 2.59. The van der Waals surface area contributed by atoms with Crippen LogP contribution in [0.25, 0.3) is 0 Å². The number of amides is 1. The molecule has 0 saturated carbocycles. The van der Waals surface area contributed by atoms with E-state index in [1.54, 1.807) is 11.9 Å². The van der Waals surface area contributed by atoms with Gasteiger partial charge in [0, 0.05) is 30.9 Å². The van der Waals surface area contributed by atoms with E-state index in [2.05, 4.69) is 5.32 Å². The highest BCUT2D eigenvalue weighted by Gasteiger charge is 2.24. The summed E-state index contributed by atoms with van der Waals surface area (Å²) in [5.41, 5.74) is 6.15. The molecule has 22 heavy (non-hydrogen) atoms. The molecule has 1 heterocycles. The van der Waals surface area contributed by atoms with E-state index in [0.29, 0.717) is 0 Å². The largest absolute Gasteiger partial charge is 0.398 e. The molecule has 2 rings (SSSR count). The molecule has 0 aromatic heterocycles. The van der Waals surface area contributed by atoms with Gasteiger partial charge in [-0.05, 0) is 38.4 Å². The van der Waals surface area contributed by atoms with Crippen molar-refractivity contribution in [3.8, 4) is 0 Å². The molecule has 8 heteroatoms. The number of anilines is 1. The summed E-state index contributed by atoms with van der Waals surface area (Å²) in [6.07, 6.45) is 2.80. The normalized spacial score (nSPS) is 18.0. The number of nitro groups is 1. The van der Waals surface area contributed by atoms with Gasteiger partial charge in [0.05, 0.1) is 10.5 Å². The van der Waals surface area contributed by atoms with Gasteiger partial charge in [0.25, 0.3) is 11.6 Å². The van der Waals surface area contributed by atoms with Crippen molar-refractivity contribution >= 4 is 29.7 Å². The molecular weight excluding hydrogens is 308 g/mol. The van der Waals surface area contributed by atoms with Gasteiger partial charge in [-0.25, -0.2) is 0 Å². The van der Waals surface area contributed by atoms with Crippen molar-refractivity contribution in [2.24, 2.45) is 0 Å². The Balaban J connectivity index is 0.00000242. The summed E-state index contributed by atoms with van der Waals surface area (Å²) in [5.74, 6) is -0.261. The van der Waals surface area contributed by atoms with Crippen molar-refractivity contribution in [2.45, 2.75) is 25.3 Å². The third kappa shape index (κ3) is 4.08. The standard InChI is InChI=1S/C14H20N4O3.ClH/c1-17(10-3-2-7-16-8-6-10)14(19)12-9-11(18(20)21)4-5-13(12)15;/h4-5,9-10,16H,2-3,6-8,15H2,1H3;1H. The Kier molecular flexibility index (Phi) is 6.58. The van der Waals surface area contributed by atoms with Gasteiger partial charge >= 0.3 is 0 Å². The Labute approximate surface area is 135 Å². The van der Waals surface area contributed by atoms with E-state index in [1.165, 1.54) is 18.2 Å². The monoisotopic (exact) mass is 328 g/mol. The average Bonchev–Trinajstić information content (AvgIpc) is 2.75. The lowest BCUT2D eigenvalue weighted by Gasteiger charge is -2.27. The average molecular weight is 329 g/mol. The third-order valence-electron chi connectivity index (χ3n) is 3.89. The second-order valence-electron chi connectivity index (χ2n) is 5.28. The van der Waals surface area contributed by atoms with Crippen LogP contribution in [-0.2, 0) is 0 Å². The second-order valence-corrected chi connectivity index (χ2v) is 5.28. The molecule has 1 aliphatic heterocycles. The lowest BCUT2D eigenvalue weighted by molar-refractivity contribution is -0.384. The molecule has 1 unspecified atom stereocenters. The number of carbonyl (C=O) groups is 1. The molecule has 0 radical (unpaired) electrons. The maximum absolute atomic E-state index is 12.6. The molecule has 1 fully saturated rings. The molecule has 0 aliphatic carbocycles. The maximum atomic E-state index is 12.6. The summed E-state index contributed by atoms with van der Waals surface area (Å²) in [5, 5.41) is 14.1. The molecule has 0 spiro atoms. The Morgan fingerprint density at radius 3 is 2.82 bits per heavy atom. The predicted molar refractivity (Wildman–Crippen MR) is 87.4 cm³/mol. The summed E-state index contributed by atoms with van der Waals surface area (Å²) in [4.78, 5) is 24.5. The first-order valence-electron chi connectivity index (χ1n) is 7.02. The number of benzene rings is 1. The zero-order valence-corrected chi connectivity index (χ0v) is 13.3. The highest BCUT2D eigenvalue weighted by atomic mass is 35.5. The summed E-state index contributed by atoms with van der Waals surface area (Å²) < 4.78 is 0. The maximum Gasteiger partial charge on any atom is 0.270 e. The smallest absolute Gasteiger partial charge is 0.270 e. The van der Waals surface area contributed by atoms with E-state index in [1.807, 2.05) is 0 Å². The highest BCUT2D eigenvalue weighted by molar-refractivity contribution is 5.99. The number of hydrogen-bond donors (Lipinski definition) is 2. The number of nitrogens with zero attached hydrogens (tertiary/aromatic N) is 2. The summed E-state index contributed by atoms with van der Waals surface area (Å²) in [6.45, 7) is 1.82. The Hall–Kier alpha value is -1.86. The molecule has 1 amide bonds. The van der Waals surface area contributed by atoms with Gasteiger partial charge < -0.3 is 16.0 Å². The molecule has 1 aliphatic rings. The van der Waals surface area contributed by atoms with E-state index < -0.39 is 4.92 Å². The topological polar surface area (TPSA) is 102 Å². The molecule has 1 aromatic carbocycles. The molecular formula is C14H21ClN4O3. The number of non-ortho nitro benzene ring substituents is 1. The second kappa shape index (κ2) is 7.95. The number of nitrogens with one attached hydrogen (secondary N) is 1. The molecule has 3 N–H and O–H groups in total. The van der Waals surface area contributed by atoms with Crippen molar-refractivity contribution in [2.75, 3.05) is 25.9 Å². The van der Waals surface area contributed by atoms with Crippen LogP contribution >= 0.6 is 12.4 Å². The third-order valence-corrected chi connectivity index (χ3v) is 3.89. The minimum atomic E-state index is -0.522. The van der Waals surface area contributed by atoms with Crippen LogP contribution in [0.3, 0.4) is 0 Å². The van der Waals surface area contributed by atoms with E-state index in [-0.39, 0.29) is 41.3 Å². The van der Waals surface area contributed by atoms with Gasteiger partial charge in [-0.1, -0.05) is 0 Å². The minimum Gasteiger partial charge on any atom is -0.398 e. The number of nitrogens with two attached hydrogens (primary N) is 1. The number of halogens is 1. The fraction of sp³-hybridized carbons (Fsp3) is 0.500. The van der Waals surface area contributed by atoms with Crippen molar-refractivity contribution in [1.29, 1.82) is 0 Å².